The molecule has 0 atom stereocenters. The first-order chi connectivity index (χ1) is 10.2. The van der Waals surface area contributed by atoms with Crippen molar-refractivity contribution in [3.8, 4) is 5.75 Å². The summed E-state index contributed by atoms with van der Waals surface area (Å²) in [6.45, 7) is 10.3. The molecule has 0 aliphatic carbocycles. The fourth-order valence-corrected chi connectivity index (χ4v) is 2.64. The molecule has 0 saturated carbocycles. The highest BCUT2D eigenvalue weighted by Crippen LogP contribution is 2.37. The Bertz CT molecular complexity index is 654. The van der Waals surface area contributed by atoms with Crippen LogP contribution in [0.1, 0.15) is 26.3 Å². The molecule has 0 aliphatic rings. The van der Waals surface area contributed by atoms with Crippen LogP contribution in [0.5, 0.6) is 5.75 Å². The Morgan fingerprint density at radius 3 is 2.22 bits per heavy atom. The van der Waals surface area contributed by atoms with Crippen molar-refractivity contribution in [2.75, 3.05) is 0 Å². The molecule has 0 unspecified atom stereocenters. The minimum atomic E-state index is -5.71. The first-order valence-corrected chi connectivity index (χ1v) is 11.1. The second kappa shape index (κ2) is 6.40. The molecular weight excluding hydrogens is 351 g/mol. The second-order valence-corrected chi connectivity index (χ2v) is 12.9. The maximum absolute atomic E-state index is 12.3. The van der Waals surface area contributed by atoms with Gasteiger partial charge in [-0.25, -0.2) is 0 Å². The number of hydrogen-bond donors (Lipinski definition) is 0. The van der Waals surface area contributed by atoms with Gasteiger partial charge in [0.1, 0.15) is 0 Å². The molecule has 0 spiro atoms. The van der Waals surface area contributed by atoms with E-state index in [1.807, 2.05) is 33.9 Å². The van der Waals surface area contributed by atoms with Gasteiger partial charge in [-0.3, -0.25) is 4.98 Å². The fraction of sp³-hybridized carbons (Fsp3) is 0.615. The lowest BCUT2D eigenvalue weighted by Crippen LogP contribution is -2.40. The summed E-state index contributed by atoms with van der Waals surface area (Å²) in [7, 11) is -7.75. The van der Waals surface area contributed by atoms with E-state index in [1.54, 1.807) is 0 Å². The van der Waals surface area contributed by atoms with Gasteiger partial charge in [0.05, 0.1) is 12.8 Å². The minimum absolute atomic E-state index is 0.0336. The molecule has 1 aromatic heterocycles. The highest BCUT2D eigenvalue weighted by atomic mass is 32.2. The molecule has 0 bridgehead atoms. The summed E-state index contributed by atoms with van der Waals surface area (Å²) in [6.07, 6.45) is 2.29. The summed E-state index contributed by atoms with van der Waals surface area (Å²) in [5.41, 5.74) is -5.05. The third-order valence-electron chi connectivity index (χ3n) is 3.67. The van der Waals surface area contributed by atoms with Crippen molar-refractivity contribution in [1.82, 2.24) is 4.98 Å². The molecule has 0 amide bonds. The number of halogens is 3. The standard InChI is InChI=1S/C13H20F3NO4SSi/c1-12(2,3)23(4,5)20-9-10-6-11(8-17-7-10)21-22(18,19)13(14,15)16/h6-8H,9H2,1-5H3. The number of pyridine rings is 1. The van der Waals surface area contributed by atoms with E-state index in [4.69, 9.17) is 4.43 Å². The van der Waals surface area contributed by atoms with Crippen molar-refractivity contribution in [1.29, 1.82) is 0 Å². The molecule has 5 nitrogen and oxygen atoms in total. The molecule has 23 heavy (non-hydrogen) atoms. The second-order valence-electron chi connectivity index (χ2n) is 6.56. The van der Waals surface area contributed by atoms with Crippen molar-refractivity contribution < 1.29 is 30.2 Å². The van der Waals surface area contributed by atoms with Crippen LogP contribution in [0.25, 0.3) is 0 Å². The van der Waals surface area contributed by atoms with Gasteiger partial charge in [-0.15, -0.1) is 0 Å². The van der Waals surface area contributed by atoms with Crippen LogP contribution >= 0.6 is 0 Å². The molecule has 132 valence electrons. The average molecular weight is 371 g/mol. The number of aromatic nitrogens is 1. The topological polar surface area (TPSA) is 65.5 Å². The normalized spacial score (nSPS) is 13.9. The molecular formula is C13H20F3NO4SSi. The summed E-state index contributed by atoms with van der Waals surface area (Å²) in [5.74, 6) is -0.501. The van der Waals surface area contributed by atoms with Crippen molar-refractivity contribution in [3.05, 3.63) is 24.0 Å². The van der Waals surface area contributed by atoms with Gasteiger partial charge in [-0.2, -0.15) is 21.6 Å². The molecule has 1 aromatic rings. The van der Waals surface area contributed by atoms with E-state index in [1.165, 1.54) is 12.3 Å². The Balaban J connectivity index is 2.87. The summed E-state index contributed by atoms with van der Waals surface area (Å²) < 4.78 is 68.8. The quantitative estimate of drug-likeness (QED) is 0.447. The van der Waals surface area contributed by atoms with Crippen LogP contribution in [-0.4, -0.2) is 27.2 Å². The molecule has 1 heterocycles. The third kappa shape index (κ3) is 5.18. The average Bonchev–Trinajstić information content (AvgIpc) is 2.33. The van der Waals surface area contributed by atoms with Crippen LogP contribution in [-0.2, 0) is 21.2 Å². The zero-order valence-electron chi connectivity index (χ0n) is 13.6. The zero-order valence-corrected chi connectivity index (χ0v) is 15.4. The number of hydrogen-bond acceptors (Lipinski definition) is 5. The number of nitrogens with zero attached hydrogens (tertiary/aromatic N) is 1. The summed E-state index contributed by atoms with van der Waals surface area (Å²) in [4.78, 5) is 3.69. The molecule has 0 radical (unpaired) electrons. The monoisotopic (exact) mass is 371 g/mol. The maximum atomic E-state index is 12.3. The first kappa shape index (κ1) is 19.9. The Labute approximate surface area is 135 Å². The highest BCUT2D eigenvalue weighted by Gasteiger charge is 2.48. The summed E-state index contributed by atoms with van der Waals surface area (Å²) in [6, 6.07) is 1.17. The lowest BCUT2D eigenvalue weighted by Gasteiger charge is -2.36. The van der Waals surface area contributed by atoms with Gasteiger partial charge >= 0.3 is 15.6 Å². The fourth-order valence-electron chi connectivity index (χ4n) is 1.24. The zero-order chi connectivity index (χ0) is 18.1. The number of rotatable bonds is 5. The molecule has 0 aromatic carbocycles. The Hall–Kier alpha value is -1.13. The Morgan fingerprint density at radius 2 is 1.74 bits per heavy atom. The molecule has 0 aliphatic heterocycles. The van der Waals surface area contributed by atoms with Crippen molar-refractivity contribution in [2.24, 2.45) is 0 Å². The molecule has 1 rings (SSSR count). The molecule has 10 heteroatoms. The van der Waals surface area contributed by atoms with E-state index in [-0.39, 0.29) is 11.6 Å². The van der Waals surface area contributed by atoms with Gasteiger partial charge in [0.25, 0.3) is 0 Å². The van der Waals surface area contributed by atoms with Crippen LogP contribution in [0.3, 0.4) is 0 Å². The van der Waals surface area contributed by atoms with E-state index in [0.717, 1.165) is 6.20 Å². The van der Waals surface area contributed by atoms with E-state index in [2.05, 4.69) is 9.17 Å². The van der Waals surface area contributed by atoms with E-state index < -0.39 is 29.7 Å². The van der Waals surface area contributed by atoms with Gasteiger partial charge < -0.3 is 8.61 Å². The molecule has 0 saturated heterocycles. The number of alkyl halides is 3. The van der Waals surface area contributed by atoms with E-state index in [9.17, 15) is 21.6 Å². The van der Waals surface area contributed by atoms with Gasteiger partial charge in [-0.1, -0.05) is 20.8 Å². The van der Waals surface area contributed by atoms with E-state index >= 15 is 0 Å². The molecule has 0 fully saturated rings. The lowest BCUT2D eigenvalue weighted by atomic mass is 10.2. The predicted molar refractivity (Wildman–Crippen MR) is 81.8 cm³/mol. The largest absolute Gasteiger partial charge is 0.534 e. The van der Waals surface area contributed by atoms with Gasteiger partial charge in [0, 0.05) is 6.20 Å². The SMILES string of the molecule is CC(C)(C)[Si](C)(C)OCc1cncc(OS(=O)(=O)C(F)(F)F)c1. The van der Waals surface area contributed by atoms with Crippen molar-refractivity contribution >= 4 is 18.4 Å². The lowest BCUT2D eigenvalue weighted by molar-refractivity contribution is -0.0500. The van der Waals surface area contributed by atoms with Crippen molar-refractivity contribution in [2.45, 2.75) is 51.0 Å². The van der Waals surface area contributed by atoms with Crippen LogP contribution < -0.4 is 4.18 Å². The van der Waals surface area contributed by atoms with Crippen LogP contribution in [0.2, 0.25) is 18.1 Å². The predicted octanol–water partition coefficient (Wildman–Crippen LogP) is 3.83. The first-order valence-electron chi connectivity index (χ1n) is 6.74. The third-order valence-corrected chi connectivity index (χ3v) is 9.12. The van der Waals surface area contributed by atoms with Crippen LogP contribution in [0, 0.1) is 0 Å². The summed E-state index contributed by atoms with van der Waals surface area (Å²) >= 11 is 0. The Morgan fingerprint density at radius 1 is 1.17 bits per heavy atom. The van der Waals surface area contributed by atoms with Gasteiger partial charge in [-0.05, 0) is 29.8 Å². The van der Waals surface area contributed by atoms with Crippen LogP contribution in [0.4, 0.5) is 13.2 Å². The van der Waals surface area contributed by atoms with Gasteiger partial charge in [0.2, 0.25) is 0 Å². The molecule has 0 N–H and O–H groups in total. The highest BCUT2D eigenvalue weighted by molar-refractivity contribution is 7.88. The maximum Gasteiger partial charge on any atom is 0.534 e. The van der Waals surface area contributed by atoms with Gasteiger partial charge in [0.15, 0.2) is 14.1 Å². The van der Waals surface area contributed by atoms with Crippen molar-refractivity contribution in [3.63, 3.8) is 0 Å². The summed E-state index contributed by atoms with van der Waals surface area (Å²) in [5, 5.41) is -0.0336. The van der Waals surface area contributed by atoms with E-state index in [0.29, 0.717) is 5.56 Å². The Kier molecular flexibility index (Phi) is 5.54. The van der Waals surface area contributed by atoms with Crippen LogP contribution in [0.15, 0.2) is 18.5 Å². The minimum Gasteiger partial charge on any atom is -0.412 e. The smallest absolute Gasteiger partial charge is 0.412 e.